The van der Waals surface area contributed by atoms with Crippen LogP contribution in [0.5, 0.6) is 0 Å². The predicted molar refractivity (Wildman–Crippen MR) is 134 cm³/mol. The van der Waals surface area contributed by atoms with E-state index in [0.29, 0.717) is 17.8 Å². The smallest absolute Gasteiger partial charge is 0.280 e. The van der Waals surface area contributed by atoms with Crippen LogP contribution in [-0.4, -0.2) is 23.7 Å². The Kier molecular flexibility index (Phi) is 6.74. The van der Waals surface area contributed by atoms with E-state index in [1.807, 2.05) is 37.4 Å². The van der Waals surface area contributed by atoms with Gasteiger partial charge < -0.3 is 4.90 Å². The van der Waals surface area contributed by atoms with Crippen molar-refractivity contribution in [2.24, 2.45) is 0 Å². The van der Waals surface area contributed by atoms with Gasteiger partial charge in [0.05, 0.1) is 11.6 Å². The fourth-order valence-corrected chi connectivity index (χ4v) is 4.88. The molecule has 0 bridgehead atoms. The number of amides is 1. The molecule has 0 aliphatic heterocycles. The van der Waals surface area contributed by atoms with Gasteiger partial charge in [0.1, 0.15) is 5.69 Å². The van der Waals surface area contributed by atoms with Crippen molar-refractivity contribution in [1.82, 2.24) is 9.71 Å². The van der Waals surface area contributed by atoms with E-state index < -0.39 is 0 Å². The molecule has 0 saturated heterocycles. The first kappa shape index (κ1) is 21.9. The third kappa shape index (κ3) is 4.62. The van der Waals surface area contributed by atoms with Gasteiger partial charge in [0.2, 0.25) is 0 Å². The van der Waals surface area contributed by atoms with Crippen molar-refractivity contribution < 1.29 is 4.79 Å². The molecule has 32 heavy (non-hydrogen) atoms. The van der Waals surface area contributed by atoms with E-state index in [-0.39, 0.29) is 5.91 Å². The van der Waals surface area contributed by atoms with Gasteiger partial charge in [-0.2, -0.15) is 5.26 Å². The Balaban J connectivity index is 1.69. The SMILES string of the molecule is CSNC(=O)c1nc(N(CCc2cccc3ccccc23)c2ccc(C#N)cc2)sc1C. The maximum absolute atomic E-state index is 12.4. The van der Waals surface area contributed by atoms with Crippen molar-refractivity contribution in [2.75, 3.05) is 17.7 Å². The second-order valence-electron chi connectivity index (χ2n) is 7.24. The van der Waals surface area contributed by atoms with Crippen molar-refractivity contribution >= 4 is 50.8 Å². The first-order chi connectivity index (χ1) is 15.6. The summed E-state index contributed by atoms with van der Waals surface area (Å²) in [6.07, 6.45) is 2.63. The van der Waals surface area contributed by atoms with Crippen LogP contribution in [0.3, 0.4) is 0 Å². The Bertz CT molecular complexity index is 1290. The average molecular weight is 459 g/mol. The number of anilines is 2. The fourth-order valence-electron chi connectivity index (χ4n) is 3.64. The minimum Gasteiger partial charge on any atom is -0.317 e. The normalized spacial score (nSPS) is 10.7. The van der Waals surface area contributed by atoms with Crippen molar-refractivity contribution in [1.29, 1.82) is 5.26 Å². The van der Waals surface area contributed by atoms with Gasteiger partial charge in [0, 0.05) is 23.4 Å². The van der Waals surface area contributed by atoms with Crippen molar-refractivity contribution in [3.63, 3.8) is 0 Å². The lowest BCUT2D eigenvalue weighted by Gasteiger charge is -2.22. The number of hydrogen-bond acceptors (Lipinski definition) is 6. The van der Waals surface area contributed by atoms with E-state index in [2.05, 4.69) is 63.1 Å². The highest BCUT2D eigenvalue weighted by atomic mass is 32.2. The van der Waals surface area contributed by atoms with Gasteiger partial charge in [-0.1, -0.05) is 54.4 Å². The molecule has 0 spiro atoms. The number of aromatic nitrogens is 1. The van der Waals surface area contributed by atoms with E-state index in [0.717, 1.165) is 22.1 Å². The van der Waals surface area contributed by atoms with Crippen LogP contribution in [0.2, 0.25) is 0 Å². The number of carbonyl (C=O) groups excluding carboxylic acids is 1. The molecule has 0 aliphatic rings. The van der Waals surface area contributed by atoms with Crippen molar-refractivity contribution in [2.45, 2.75) is 13.3 Å². The number of nitrogens with zero attached hydrogens (tertiary/aromatic N) is 3. The minimum absolute atomic E-state index is 0.189. The molecule has 1 heterocycles. The number of carbonyl (C=O) groups is 1. The largest absolute Gasteiger partial charge is 0.317 e. The van der Waals surface area contributed by atoms with Crippen LogP contribution in [0.15, 0.2) is 66.7 Å². The van der Waals surface area contributed by atoms with Gasteiger partial charge in [-0.05, 0) is 53.9 Å². The zero-order valence-electron chi connectivity index (χ0n) is 17.8. The summed E-state index contributed by atoms with van der Waals surface area (Å²) < 4.78 is 2.76. The van der Waals surface area contributed by atoms with E-state index in [1.165, 1.54) is 39.6 Å². The number of nitriles is 1. The summed E-state index contributed by atoms with van der Waals surface area (Å²) in [5.74, 6) is -0.189. The molecule has 0 radical (unpaired) electrons. The van der Waals surface area contributed by atoms with Crippen LogP contribution in [0.1, 0.15) is 26.5 Å². The number of rotatable bonds is 7. The van der Waals surface area contributed by atoms with Gasteiger partial charge in [0.25, 0.3) is 5.91 Å². The van der Waals surface area contributed by atoms with Crippen LogP contribution in [0, 0.1) is 18.3 Å². The molecule has 4 aromatic rings. The molecule has 1 N–H and O–H groups in total. The number of thiazole rings is 1. The Morgan fingerprint density at radius 2 is 1.88 bits per heavy atom. The highest BCUT2D eigenvalue weighted by molar-refractivity contribution is 7.97. The summed E-state index contributed by atoms with van der Waals surface area (Å²) in [4.78, 5) is 20.1. The third-order valence-corrected chi connectivity index (χ3v) is 6.60. The van der Waals surface area contributed by atoms with Crippen LogP contribution in [0.4, 0.5) is 10.8 Å². The van der Waals surface area contributed by atoms with Crippen molar-refractivity contribution in [3.8, 4) is 6.07 Å². The van der Waals surface area contributed by atoms with Gasteiger partial charge in [-0.15, -0.1) is 11.3 Å². The van der Waals surface area contributed by atoms with Gasteiger partial charge in [0.15, 0.2) is 5.13 Å². The number of aryl methyl sites for hydroxylation is 1. The molecule has 160 valence electrons. The molecule has 0 saturated carbocycles. The van der Waals surface area contributed by atoms with E-state index in [4.69, 9.17) is 5.26 Å². The summed E-state index contributed by atoms with van der Waals surface area (Å²) in [7, 11) is 0. The highest BCUT2D eigenvalue weighted by Gasteiger charge is 2.20. The maximum atomic E-state index is 12.4. The van der Waals surface area contributed by atoms with Crippen LogP contribution < -0.4 is 9.62 Å². The Morgan fingerprint density at radius 1 is 1.12 bits per heavy atom. The van der Waals surface area contributed by atoms with Gasteiger partial charge >= 0.3 is 0 Å². The zero-order chi connectivity index (χ0) is 22.5. The molecule has 0 fully saturated rings. The average Bonchev–Trinajstić information content (AvgIpc) is 3.21. The minimum atomic E-state index is -0.189. The summed E-state index contributed by atoms with van der Waals surface area (Å²) in [5, 5.41) is 12.4. The lowest BCUT2D eigenvalue weighted by atomic mass is 10.0. The van der Waals surface area contributed by atoms with E-state index >= 15 is 0 Å². The summed E-state index contributed by atoms with van der Waals surface area (Å²) in [5.41, 5.74) is 3.26. The topological polar surface area (TPSA) is 69.0 Å². The van der Waals surface area contributed by atoms with Crippen molar-refractivity contribution in [3.05, 3.63) is 88.4 Å². The number of benzene rings is 3. The Hall–Kier alpha value is -3.34. The van der Waals surface area contributed by atoms with E-state index in [1.54, 1.807) is 0 Å². The molecule has 5 nitrogen and oxygen atoms in total. The number of nitrogens with one attached hydrogen (secondary N) is 1. The quantitative estimate of drug-likeness (QED) is 0.351. The lowest BCUT2D eigenvalue weighted by molar-refractivity contribution is 0.0980. The summed E-state index contributed by atoms with van der Waals surface area (Å²) >= 11 is 2.76. The molecule has 7 heteroatoms. The van der Waals surface area contributed by atoms with Crippen LogP contribution >= 0.6 is 23.3 Å². The van der Waals surface area contributed by atoms with E-state index in [9.17, 15) is 4.79 Å². The van der Waals surface area contributed by atoms with Crippen LogP contribution in [-0.2, 0) is 6.42 Å². The molecule has 4 rings (SSSR count). The lowest BCUT2D eigenvalue weighted by Crippen LogP contribution is -2.21. The third-order valence-electron chi connectivity index (χ3n) is 5.22. The number of hydrogen-bond donors (Lipinski definition) is 1. The molecule has 1 amide bonds. The Morgan fingerprint density at radius 3 is 2.62 bits per heavy atom. The predicted octanol–water partition coefficient (Wildman–Crippen LogP) is 5.87. The molecular weight excluding hydrogens is 436 g/mol. The molecular formula is C25H22N4OS2. The summed E-state index contributed by atoms with van der Waals surface area (Å²) in [6, 6.07) is 24.4. The first-order valence-electron chi connectivity index (χ1n) is 10.2. The molecule has 0 unspecified atom stereocenters. The van der Waals surface area contributed by atoms with Gasteiger partial charge in [-0.3, -0.25) is 9.52 Å². The summed E-state index contributed by atoms with van der Waals surface area (Å²) in [6.45, 7) is 2.61. The Labute approximate surface area is 195 Å². The fraction of sp³-hybridized carbons (Fsp3) is 0.160. The molecule has 0 atom stereocenters. The van der Waals surface area contributed by atoms with Gasteiger partial charge in [-0.25, -0.2) is 4.98 Å². The second-order valence-corrected chi connectivity index (χ2v) is 9.03. The first-order valence-corrected chi connectivity index (χ1v) is 12.2. The monoisotopic (exact) mass is 458 g/mol. The molecule has 3 aromatic carbocycles. The highest BCUT2D eigenvalue weighted by Crippen LogP contribution is 2.32. The second kappa shape index (κ2) is 9.86. The van der Waals surface area contributed by atoms with Crippen LogP contribution in [0.25, 0.3) is 10.8 Å². The molecule has 1 aromatic heterocycles. The number of fused-ring (bicyclic) bond motifs is 1. The molecule has 0 aliphatic carbocycles. The zero-order valence-corrected chi connectivity index (χ0v) is 19.5. The maximum Gasteiger partial charge on any atom is 0.280 e. The standard InChI is InChI=1S/C25H22N4OS2/c1-17-23(24(30)28-31-2)27-25(32-17)29(21-12-10-18(16-26)11-13-21)15-14-20-8-5-7-19-6-3-4-9-22(19)20/h3-13H,14-15H2,1-2H3,(H,28,30).